The Kier molecular flexibility index (Phi) is 4.68. The first-order chi connectivity index (χ1) is 7.27. The minimum absolute atomic E-state index is 0.114. The highest BCUT2D eigenvalue weighted by Crippen LogP contribution is 2.25. The maximum absolute atomic E-state index is 11.3. The molecule has 0 aromatic heterocycles. The van der Waals surface area contributed by atoms with Gasteiger partial charge in [0.1, 0.15) is 6.61 Å². The summed E-state index contributed by atoms with van der Waals surface area (Å²) in [6.07, 6.45) is 1.42. The third-order valence-electron chi connectivity index (χ3n) is 1.99. The van der Waals surface area contributed by atoms with Gasteiger partial charge in [-0.2, -0.15) is 0 Å². The number of hydrogen-bond donors (Lipinski definition) is 0. The topological polar surface area (TPSA) is 35.5 Å². The fraction of sp³-hybridized carbons (Fsp3) is 0.417. The maximum atomic E-state index is 11.3. The second kappa shape index (κ2) is 6.06. The van der Waals surface area contributed by atoms with E-state index in [0.717, 1.165) is 6.42 Å². The largest absolute Gasteiger partial charge is 0.493 e. The number of benzene rings is 1. The van der Waals surface area contributed by atoms with Crippen molar-refractivity contribution >= 4 is 5.78 Å². The van der Waals surface area contributed by atoms with Crippen molar-refractivity contribution in [1.82, 2.24) is 0 Å². The minimum atomic E-state index is 0.114. The van der Waals surface area contributed by atoms with Crippen molar-refractivity contribution in [2.24, 2.45) is 0 Å². The lowest BCUT2D eigenvalue weighted by atomic mass is 10.2. The molecule has 0 aliphatic rings. The van der Waals surface area contributed by atoms with Gasteiger partial charge in [0.25, 0.3) is 0 Å². The van der Waals surface area contributed by atoms with Crippen molar-refractivity contribution < 1.29 is 14.3 Å². The van der Waals surface area contributed by atoms with Crippen molar-refractivity contribution in [3.05, 3.63) is 24.3 Å². The van der Waals surface area contributed by atoms with Crippen LogP contribution in [0.25, 0.3) is 0 Å². The molecule has 0 heterocycles. The highest BCUT2D eigenvalue weighted by Gasteiger charge is 2.05. The van der Waals surface area contributed by atoms with Crippen molar-refractivity contribution in [3.8, 4) is 11.5 Å². The molecule has 0 radical (unpaired) electrons. The number of rotatable bonds is 6. The molecule has 0 aliphatic carbocycles. The van der Waals surface area contributed by atoms with Crippen molar-refractivity contribution in [3.63, 3.8) is 0 Å². The molecule has 1 rings (SSSR count). The SMILES string of the molecule is CCCC(=O)COc1ccccc1OC. The van der Waals surface area contributed by atoms with Crippen molar-refractivity contribution in [1.29, 1.82) is 0 Å². The predicted molar refractivity (Wildman–Crippen MR) is 58.4 cm³/mol. The number of ketones is 1. The van der Waals surface area contributed by atoms with Crippen molar-refractivity contribution in [2.45, 2.75) is 19.8 Å². The van der Waals surface area contributed by atoms with Gasteiger partial charge in [-0.15, -0.1) is 0 Å². The molecule has 1 aromatic rings. The Balaban J connectivity index is 2.53. The Hall–Kier alpha value is -1.51. The zero-order valence-corrected chi connectivity index (χ0v) is 9.16. The standard InChI is InChI=1S/C12H16O3/c1-3-6-10(13)9-15-12-8-5-4-7-11(12)14-2/h4-5,7-8H,3,6,9H2,1-2H3. The molecule has 0 spiro atoms. The van der Waals surface area contributed by atoms with Crippen LogP contribution in [0.4, 0.5) is 0 Å². The van der Waals surface area contributed by atoms with E-state index >= 15 is 0 Å². The number of para-hydroxylation sites is 2. The molecule has 82 valence electrons. The molecule has 1 aromatic carbocycles. The summed E-state index contributed by atoms with van der Waals surface area (Å²) in [6, 6.07) is 7.30. The van der Waals surface area contributed by atoms with E-state index in [0.29, 0.717) is 17.9 Å². The van der Waals surface area contributed by atoms with Gasteiger partial charge in [0.05, 0.1) is 7.11 Å². The average molecular weight is 208 g/mol. The molecule has 0 bridgehead atoms. The molecule has 0 unspecified atom stereocenters. The number of hydrogen-bond acceptors (Lipinski definition) is 3. The molecular weight excluding hydrogens is 192 g/mol. The summed E-state index contributed by atoms with van der Waals surface area (Å²) in [7, 11) is 1.58. The first-order valence-corrected chi connectivity index (χ1v) is 5.05. The Morgan fingerprint density at radius 2 is 1.93 bits per heavy atom. The van der Waals surface area contributed by atoms with Crippen LogP contribution in [0.15, 0.2) is 24.3 Å². The van der Waals surface area contributed by atoms with Crippen LogP contribution >= 0.6 is 0 Å². The van der Waals surface area contributed by atoms with Crippen LogP contribution in [0.5, 0.6) is 11.5 Å². The van der Waals surface area contributed by atoms with E-state index in [1.807, 2.05) is 19.1 Å². The van der Waals surface area contributed by atoms with Crippen LogP contribution in [0.1, 0.15) is 19.8 Å². The van der Waals surface area contributed by atoms with Gasteiger partial charge < -0.3 is 9.47 Å². The Labute approximate surface area is 90.0 Å². The normalized spacial score (nSPS) is 9.73. The third kappa shape index (κ3) is 3.62. The number of methoxy groups -OCH3 is 1. The van der Waals surface area contributed by atoms with Crippen LogP contribution in [-0.4, -0.2) is 19.5 Å². The lowest BCUT2D eigenvalue weighted by Crippen LogP contribution is -2.10. The molecule has 0 saturated heterocycles. The number of ether oxygens (including phenoxy) is 2. The van der Waals surface area contributed by atoms with Crippen molar-refractivity contribution in [2.75, 3.05) is 13.7 Å². The highest BCUT2D eigenvalue weighted by atomic mass is 16.5. The van der Waals surface area contributed by atoms with Crippen LogP contribution in [0, 0.1) is 0 Å². The Morgan fingerprint density at radius 3 is 2.53 bits per heavy atom. The van der Waals surface area contributed by atoms with E-state index < -0.39 is 0 Å². The first kappa shape index (κ1) is 11.6. The fourth-order valence-electron chi connectivity index (χ4n) is 1.25. The summed E-state index contributed by atoms with van der Waals surface area (Å²) in [4.78, 5) is 11.3. The van der Waals surface area contributed by atoms with Crippen LogP contribution in [0.3, 0.4) is 0 Å². The van der Waals surface area contributed by atoms with Gasteiger partial charge in [-0.3, -0.25) is 4.79 Å². The van der Waals surface area contributed by atoms with E-state index in [9.17, 15) is 4.79 Å². The zero-order chi connectivity index (χ0) is 11.1. The Morgan fingerprint density at radius 1 is 1.27 bits per heavy atom. The zero-order valence-electron chi connectivity index (χ0n) is 9.16. The summed E-state index contributed by atoms with van der Waals surface area (Å²) in [6.45, 7) is 2.09. The molecule has 0 atom stereocenters. The lowest BCUT2D eigenvalue weighted by molar-refractivity contribution is -0.121. The molecule has 0 N–H and O–H groups in total. The van der Waals surface area contributed by atoms with Crippen LogP contribution in [0.2, 0.25) is 0 Å². The first-order valence-electron chi connectivity index (χ1n) is 5.05. The average Bonchev–Trinajstić information content (AvgIpc) is 2.27. The van der Waals surface area contributed by atoms with E-state index in [1.165, 1.54) is 0 Å². The van der Waals surface area contributed by atoms with Gasteiger partial charge in [0.2, 0.25) is 0 Å². The molecule has 0 aliphatic heterocycles. The number of carbonyl (C=O) groups is 1. The predicted octanol–water partition coefficient (Wildman–Crippen LogP) is 2.44. The Bertz CT molecular complexity index is 320. The van der Waals surface area contributed by atoms with Gasteiger partial charge in [-0.25, -0.2) is 0 Å². The monoisotopic (exact) mass is 208 g/mol. The molecule has 3 heteroatoms. The summed E-state index contributed by atoms with van der Waals surface area (Å²) < 4.78 is 10.5. The van der Waals surface area contributed by atoms with Gasteiger partial charge in [0.15, 0.2) is 17.3 Å². The van der Waals surface area contributed by atoms with E-state index in [-0.39, 0.29) is 12.4 Å². The molecular formula is C12H16O3. The summed E-state index contributed by atoms with van der Waals surface area (Å²) >= 11 is 0. The van der Waals surface area contributed by atoms with E-state index in [1.54, 1.807) is 19.2 Å². The van der Waals surface area contributed by atoms with Gasteiger partial charge in [-0.05, 0) is 18.6 Å². The lowest BCUT2D eigenvalue weighted by Gasteiger charge is -2.09. The molecule has 0 fully saturated rings. The van der Waals surface area contributed by atoms with Crippen LogP contribution in [-0.2, 0) is 4.79 Å². The third-order valence-corrected chi connectivity index (χ3v) is 1.99. The molecule has 0 amide bonds. The van der Waals surface area contributed by atoms with E-state index in [2.05, 4.69) is 0 Å². The molecule has 0 saturated carbocycles. The highest BCUT2D eigenvalue weighted by molar-refractivity contribution is 5.79. The second-order valence-electron chi connectivity index (χ2n) is 3.23. The second-order valence-corrected chi connectivity index (χ2v) is 3.23. The van der Waals surface area contributed by atoms with Gasteiger partial charge in [-0.1, -0.05) is 19.1 Å². The summed E-state index contributed by atoms with van der Waals surface area (Å²) in [5, 5.41) is 0. The molecule has 3 nitrogen and oxygen atoms in total. The minimum Gasteiger partial charge on any atom is -0.493 e. The van der Waals surface area contributed by atoms with E-state index in [4.69, 9.17) is 9.47 Å². The smallest absolute Gasteiger partial charge is 0.170 e. The number of carbonyl (C=O) groups excluding carboxylic acids is 1. The summed E-state index contributed by atoms with van der Waals surface area (Å²) in [5.41, 5.74) is 0. The fourth-order valence-corrected chi connectivity index (χ4v) is 1.25. The van der Waals surface area contributed by atoms with Gasteiger partial charge in [0, 0.05) is 6.42 Å². The maximum Gasteiger partial charge on any atom is 0.170 e. The quantitative estimate of drug-likeness (QED) is 0.720. The van der Waals surface area contributed by atoms with Crippen LogP contribution < -0.4 is 9.47 Å². The summed E-state index contributed by atoms with van der Waals surface area (Å²) in [5.74, 6) is 1.38. The van der Waals surface area contributed by atoms with Gasteiger partial charge >= 0.3 is 0 Å². The number of Topliss-reactive ketones (excluding diaryl/α,β-unsaturated/α-hetero) is 1. The molecule has 15 heavy (non-hydrogen) atoms.